The van der Waals surface area contributed by atoms with Crippen LogP contribution >= 0.6 is 0 Å². The molecular weight excluding hydrogens is 240 g/mol. The molecule has 100 valence electrons. The van der Waals surface area contributed by atoms with Gasteiger partial charge in [-0.15, -0.1) is 0 Å². The first-order valence-corrected chi connectivity index (χ1v) is 5.65. The minimum Gasteiger partial charge on any atom is -0.395 e. The fourth-order valence-electron chi connectivity index (χ4n) is 1.54. The summed E-state index contributed by atoms with van der Waals surface area (Å²) in [5.74, 6) is -1.19. The summed E-state index contributed by atoms with van der Waals surface area (Å²) in [7, 11) is 0. The normalized spacial score (nSPS) is 11.3. The predicted molar refractivity (Wildman–Crippen MR) is 63.2 cm³/mol. The highest BCUT2D eigenvalue weighted by atomic mass is 16.6. The number of furan rings is 1. The average Bonchev–Trinajstić information content (AvgIpc) is 2.86. The molecule has 0 saturated heterocycles. The summed E-state index contributed by atoms with van der Waals surface area (Å²) >= 11 is 0. The molecule has 1 rings (SSSR count). The zero-order valence-electron chi connectivity index (χ0n) is 10.3. The SMILES string of the molecule is CCC(CC)(CO)NC(=O)c1ccc([N+](=O)[O-])o1. The second-order valence-electron chi connectivity index (χ2n) is 3.99. The minimum atomic E-state index is -0.724. The Labute approximate surface area is 104 Å². The molecule has 0 saturated carbocycles. The molecule has 7 nitrogen and oxygen atoms in total. The number of carbonyl (C=O) groups excluding carboxylic acids is 1. The van der Waals surface area contributed by atoms with E-state index in [0.29, 0.717) is 12.8 Å². The van der Waals surface area contributed by atoms with Crippen LogP contribution in [0.15, 0.2) is 16.5 Å². The van der Waals surface area contributed by atoms with Gasteiger partial charge in [0.2, 0.25) is 0 Å². The van der Waals surface area contributed by atoms with Crippen molar-refractivity contribution in [3.63, 3.8) is 0 Å². The molecule has 0 spiro atoms. The van der Waals surface area contributed by atoms with Gasteiger partial charge in [0.25, 0.3) is 5.91 Å². The zero-order valence-corrected chi connectivity index (χ0v) is 10.3. The van der Waals surface area contributed by atoms with E-state index in [1.807, 2.05) is 13.8 Å². The maximum absolute atomic E-state index is 11.8. The summed E-state index contributed by atoms with van der Waals surface area (Å²) in [5.41, 5.74) is -0.724. The van der Waals surface area contributed by atoms with E-state index in [9.17, 15) is 20.0 Å². The molecule has 1 aromatic heterocycles. The quantitative estimate of drug-likeness (QED) is 0.592. The van der Waals surface area contributed by atoms with Gasteiger partial charge in [0.15, 0.2) is 5.76 Å². The number of nitrogens with zero attached hydrogens (tertiary/aromatic N) is 1. The Kier molecular flexibility index (Phi) is 4.43. The molecule has 0 aliphatic heterocycles. The first kappa shape index (κ1) is 14.2. The van der Waals surface area contributed by atoms with Gasteiger partial charge in [0.1, 0.15) is 4.92 Å². The number of rotatable bonds is 6. The van der Waals surface area contributed by atoms with E-state index in [2.05, 4.69) is 5.32 Å². The van der Waals surface area contributed by atoms with E-state index < -0.39 is 22.3 Å². The molecule has 2 N–H and O–H groups in total. The van der Waals surface area contributed by atoms with Crippen molar-refractivity contribution in [3.8, 4) is 0 Å². The maximum atomic E-state index is 11.8. The molecule has 1 heterocycles. The van der Waals surface area contributed by atoms with Crippen molar-refractivity contribution in [2.75, 3.05) is 6.61 Å². The smallest absolute Gasteiger partial charge is 0.395 e. The molecule has 7 heteroatoms. The van der Waals surface area contributed by atoms with E-state index in [4.69, 9.17) is 4.42 Å². The highest BCUT2D eigenvalue weighted by molar-refractivity contribution is 5.92. The fraction of sp³-hybridized carbons (Fsp3) is 0.545. The molecule has 0 radical (unpaired) electrons. The topological polar surface area (TPSA) is 106 Å². The Morgan fingerprint density at radius 1 is 1.50 bits per heavy atom. The van der Waals surface area contributed by atoms with Crippen molar-refractivity contribution in [2.24, 2.45) is 0 Å². The van der Waals surface area contributed by atoms with Gasteiger partial charge in [-0.2, -0.15) is 0 Å². The van der Waals surface area contributed by atoms with Crippen molar-refractivity contribution in [2.45, 2.75) is 32.2 Å². The standard InChI is InChI=1S/C11H16N2O5/c1-3-11(4-2,7-14)12-10(15)8-5-6-9(18-8)13(16)17/h5-6,14H,3-4,7H2,1-2H3,(H,12,15). The summed E-state index contributed by atoms with van der Waals surface area (Å²) in [4.78, 5) is 21.6. The van der Waals surface area contributed by atoms with Crippen molar-refractivity contribution in [1.82, 2.24) is 5.32 Å². The van der Waals surface area contributed by atoms with Crippen LogP contribution < -0.4 is 5.32 Å². The van der Waals surface area contributed by atoms with Gasteiger partial charge in [0.05, 0.1) is 18.2 Å². The van der Waals surface area contributed by atoms with Gasteiger partial charge in [-0.3, -0.25) is 14.9 Å². The molecule has 0 aliphatic carbocycles. The molecule has 0 fully saturated rings. The maximum Gasteiger partial charge on any atom is 0.433 e. The second kappa shape index (κ2) is 5.63. The highest BCUT2D eigenvalue weighted by Gasteiger charge is 2.29. The summed E-state index contributed by atoms with van der Waals surface area (Å²) in [6, 6.07) is 2.36. The molecule has 0 unspecified atom stereocenters. The second-order valence-corrected chi connectivity index (χ2v) is 3.99. The van der Waals surface area contributed by atoms with Gasteiger partial charge in [-0.05, 0) is 18.9 Å². The Bertz CT molecular complexity index is 428. The van der Waals surface area contributed by atoms with Gasteiger partial charge in [0, 0.05) is 0 Å². The molecule has 1 amide bonds. The lowest BCUT2D eigenvalue weighted by Gasteiger charge is -2.30. The van der Waals surface area contributed by atoms with Gasteiger partial charge >= 0.3 is 5.88 Å². The van der Waals surface area contributed by atoms with Crippen LogP contribution in [0, 0.1) is 10.1 Å². The van der Waals surface area contributed by atoms with Crippen LogP contribution in [-0.4, -0.2) is 28.1 Å². The van der Waals surface area contributed by atoms with Crippen molar-refractivity contribution >= 4 is 11.8 Å². The van der Waals surface area contributed by atoms with Crippen LogP contribution in [0.25, 0.3) is 0 Å². The molecule has 1 aromatic rings. The van der Waals surface area contributed by atoms with E-state index >= 15 is 0 Å². The van der Waals surface area contributed by atoms with Crippen LogP contribution in [0.3, 0.4) is 0 Å². The lowest BCUT2D eigenvalue weighted by atomic mass is 9.94. The fourth-order valence-corrected chi connectivity index (χ4v) is 1.54. The van der Waals surface area contributed by atoms with Crippen molar-refractivity contribution in [3.05, 3.63) is 28.0 Å². The number of hydrogen-bond donors (Lipinski definition) is 2. The van der Waals surface area contributed by atoms with Crippen LogP contribution in [-0.2, 0) is 0 Å². The zero-order chi connectivity index (χ0) is 13.8. The summed E-state index contributed by atoms with van der Waals surface area (Å²) in [6.45, 7) is 3.48. The summed E-state index contributed by atoms with van der Waals surface area (Å²) in [6.07, 6.45) is 1.10. The summed E-state index contributed by atoms with van der Waals surface area (Å²) < 4.78 is 4.79. The number of carbonyl (C=O) groups is 1. The number of hydrogen-bond acceptors (Lipinski definition) is 5. The van der Waals surface area contributed by atoms with Gasteiger partial charge in [-0.1, -0.05) is 13.8 Å². The van der Waals surface area contributed by atoms with Crippen LogP contribution in [0.2, 0.25) is 0 Å². The number of nitrogens with one attached hydrogen (secondary N) is 1. The highest BCUT2D eigenvalue weighted by Crippen LogP contribution is 2.19. The van der Waals surface area contributed by atoms with Crippen LogP contribution in [0.5, 0.6) is 0 Å². The molecule has 0 aromatic carbocycles. The third kappa shape index (κ3) is 2.86. The lowest BCUT2D eigenvalue weighted by Crippen LogP contribution is -2.50. The number of aliphatic hydroxyl groups is 1. The Morgan fingerprint density at radius 3 is 2.50 bits per heavy atom. The first-order chi connectivity index (χ1) is 8.48. The van der Waals surface area contributed by atoms with E-state index in [1.165, 1.54) is 6.07 Å². The van der Waals surface area contributed by atoms with E-state index in [-0.39, 0.29) is 12.4 Å². The van der Waals surface area contributed by atoms with Crippen LogP contribution in [0.4, 0.5) is 5.88 Å². The molecule has 18 heavy (non-hydrogen) atoms. The monoisotopic (exact) mass is 256 g/mol. The number of nitro groups is 1. The average molecular weight is 256 g/mol. The Balaban J connectivity index is 2.84. The third-order valence-corrected chi connectivity index (χ3v) is 3.03. The van der Waals surface area contributed by atoms with Gasteiger partial charge < -0.3 is 14.8 Å². The third-order valence-electron chi connectivity index (χ3n) is 3.03. The Hall–Kier alpha value is -1.89. The minimum absolute atomic E-state index is 0.138. The molecule has 0 atom stereocenters. The summed E-state index contributed by atoms with van der Waals surface area (Å²) in [5, 5.41) is 22.4. The molecule has 0 bridgehead atoms. The van der Waals surface area contributed by atoms with Crippen molar-refractivity contribution < 1.29 is 19.2 Å². The van der Waals surface area contributed by atoms with Crippen LogP contribution in [0.1, 0.15) is 37.2 Å². The molecule has 0 aliphatic rings. The van der Waals surface area contributed by atoms with Gasteiger partial charge in [-0.25, -0.2) is 0 Å². The largest absolute Gasteiger partial charge is 0.433 e. The Morgan fingerprint density at radius 2 is 2.11 bits per heavy atom. The molecular formula is C11H16N2O5. The number of amides is 1. The lowest BCUT2D eigenvalue weighted by molar-refractivity contribution is -0.402. The van der Waals surface area contributed by atoms with E-state index in [1.54, 1.807) is 0 Å². The predicted octanol–water partition coefficient (Wildman–Crippen LogP) is 1.47. The van der Waals surface area contributed by atoms with Crippen molar-refractivity contribution in [1.29, 1.82) is 0 Å². The number of aliphatic hydroxyl groups excluding tert-OH is 1. The van der Waals surface area contributed by atoms with E-state index in [0.717, 1.165) is 6.07 Å². The first-order valence-electron chi connectivity index (χ1n) is 5.65.